The first-order valence-electron chi connectivity index (χ1n) is 10.2. The molecule has 2 aliphatic carbocycles. The normalized spacial score (nSPS) is 18.0. The summed E-state index contributed by atoms with van der Waals surface area (Å²) >= 11 is 0. The number of allylic oxidation sites excluding steroid dienone is 4. The lowest BCUT2D eigenvalue weighted by Crippen LogP contribution is -2.05. The van der Waals surface area contributed by atoms with Crippen molar-refractivity contribution in [2.45, 2.75) is 57.8 Å². The van der Waals surface area contributed by atoms with E-state index in [2.05, 4.69) is 0 Å². The Morgan fingerprint density at radius 1 is 0.750 bits per heavy atom. The van der Waals surface area contributed by atoms with Gasteiger partial charge in [-0.05, 0) is 55.7 Å². The molecule has 1 fully saturated rings. The maximum Gasteiger partial charge on any atom is 0.167 e. The van der Waals surface area contributed by atoms with Gasteiger partial charge in [-0.3, -0.25) is 0 Å². The summed E-state index contributed by atoms with van der Waals surface area (Å²) in [5.41, 5.74) is 3.34. The summed E-state index contributed by atoms with van der Waals surface area (Å²) < 4.78 is 44.4. The van der Waals surface area contributed by atoms with Crippen LogP contribution in [0.5, 0.6) is 0 Å². The molecule has 2 aromatic rings. The second-order valence-corrected chi connectivity index (χ2v) is 8.07. The summed E-state index contributed by atoms with van der Waals surface area (Å²) in [7, 11) is 0. The second-order valence-electron chi connectivity index (χ2n) is 8.07. The third-order valence-electron chi connectivity index (χ3n) is 6.15. The first-order valence-corrected chi connectivity index (χ1v) is 10.2. The highest BCUT2D eigenvalue weighted by atomic mass is 19.2. The van der Waals surface area contributed by atoms with E-state index >= 15 is 0 Å². The lowest BCUT2D eigenvalue weighted by atomic mass is 9.83. The Morgan fingerprint density at radius 2 is 1.43 bits per heavy atom. The van der Waals surface area contributed by atoms with E-state index < -0.39 is 17.5 Å². The van der Waals surface area contributed by atoms with E-state index in [0.717, 1.165) is 30.4 Å². The molecule has 0 saturated heterocycles. The van der Waals surface area contributed by atoms with Gasteiger partial charge in [0.25, 0.3) is 0 Å². The van der Waals surface area contributed by atoms with Crippen LogP contribution in [0.3, 0.4) is 0 Å². The molecule has 146 valence electrons. The maximum absolute atomic E-state index is 14.8. The van der Waals surface area contributed by atoms with Gasteiger partial charge in [0.15, 0.2) is 11.6 Å². The summed E-state index contributed by atoms with van der Waals surface area (Å²) in [5.74, 6) is -1.98. The second kappa shape index (κ2) is 7.98. The lowest BCUT2D eigenvalue weighted by molar-refractivity contribution is 0.442. The molecule has 1 saturated carbocycles. The number of hydrogen-bond acceptors (Lipinski definition) is 0. The van der Waals surface area contributed by atoms with Crippen LogP contribution < -0.4 is 0 Å². The van der Waals surface area contributed by atoms with Gasteiger partial charge in [-0.2, -0.15) is 0 Å². The third kappa shape index (κ3) is 3.67. The molecule has 0 nitrogen and oxygen atoms in total. The van der Waals surface area contributed by atoms with Gasteiger partial charge in [0.2, 0.25) is 0 Å². The van der Waals surface area contributed by atoms with E-state index in [1.54, 1.807) is 12.1 Å². The quantitative estimate of drug-likeness (QED) is 0.505. The van der Waals surface area contributed by atoms with Gasteiger partial charge >= 0.3 is 0 Å². The monoisotopic (exact) mass is 382 g/mol. The Labute approximate surface area is 164 Å². The summed E-state index contributed by atoms with van der Waals surface area (Å²) in [6, 6.07) is 8.05. The number of benzene rings is 2. The van der Waals surface area contributed by atoms with Gasteiger partial charge < -0.3 is 0 Å². The fourth-order valence-corrected chi connectivity index (χ4v) is 4.41. The number of halogens is 3. The maximum atomic E-state index is 14.8. The van der Waals surface area contributed by atoms with Crippen LogP contribution in [0.4, 0.5) is 13.2 Å². The van der Waals surface area contributed by atoms with Crippen LogP contribution in [0.25, 0.3) is 16.7 Å². The Bertz CT molecular complexity index is 947. The molecular formula is C25H25F3. The number of hydrogen-bond donors (Lipinski definition) is 0. The molecular weight excluding hydrogens is 357 g/mol. The van der Waals surface area contributed by atoms with E-state index in [0.29, 0.717) is 12.3 Å². The van der Waals surface area contributed by atoms with Crippen molar-refractivity contribution in [1.29, 1.82) is 0 Å². The van der Waals surface area contributed by atoms with E-state index in [4.69, 9.17) is 0 Å². The smallest absolute Gasteiger partial charge is 0.167 e. The molecule has 0 bridgehead atoms. The Balaban J connectivity index is 1.67. The van der Waals surface area contributed by atoms with Gasteiger partial charge in [0.05, 0.1) is 0 Å². The minimum Gasteiger partial charge on any atom is -0.206 e. The molecule has 0 atom stereocenters. The standard InChI is InChI=1S/C25H25F3/c1-16-7-9-18(10-8-16)20-13-14-22(25(28)24(20)27)21-12-11-19(15-23(21)26)17-5-3-2-4-6-17/h7,9,11-15,17H,2-6,8,10H2,1H3. The molecule has 28 heavy (non-hydrogen) atoms. The van der Waals surface area contributed by atoms with Crippen LogP contribution in [-0.2, 0) is 0 Å². The van der Waals surface area contributed by atoms with Crippen LogP contribution in [0, 0.1) is 17.5 Å². The molecule has 2 aromatic carbocycles. The molecule has 0 unspecified atom stereocenters. The van der Waals surface area contributed by atoms with E-state index in [-0.39, 0.29) is 16.7 Å². The van der Waals surface area contributed by atoms with Crippen LogP contribution >= 0.6 is 0 Å². The SMILES string of the molecule is CC1=CC=C(c2ccc(-c3ccc(C4CCCCC4)cc3F)c(F)c2F)CC1. The average molecular weight is 382 g/mol. The zero-order chi connectivity index (χ0) is 19.7. The molecule has 0 amide bonds. The Morgan fingerprint density at radius 3 is 2.11 bits per heavy atom. The van der Waals surface area contributed by atoms with Crippen LogP contribution in [0.2, 0.25) is 0 Å². The largest absolute Gasteiger partial charge is 0.206 e. The van der Waals surface area contributed by atoms with Crippen molar-refractivity contribution in [2.24, 2.45) is 0 Å². The molecule has 0 heterocycles. The van der Waals surface area contributed by atoms with Crippen molar-refractivity contribution in [3.05, 3.63) is 76.6 Å². The van der Waals surface area contributed by atoms with Crippen LogP contribution in [0.1, 0.15) is 68.9 Å². The zero-order valence-corrected chi connectivity index (χ0v) is 16.2. The highest BCUT2D eigenvalue weighted by Crippen LogP contribution is 2.37. The predicted molar refractivity (Wildman–Crippen MR) is 109 cm³/mol. The molecule has 0 aromatic heterocycles. The van der Waals surface area contributed by atoms with Crippen molar-refractivity contribution < 1.29 is 13.2 Å². The fraction of sp³-hybridized carbons (Fsp3) is 0.360. The van der Waals surface area contributed by atoms with Gasteiger partial charge in [0, 0.05) is 16.7 Å². The molecule has 3 heteroatoms. The summed E-state index contributed by atoms with van der Waals surface area (Å²) in [4.78, 5) is 0. The van der Waals surface area contributed by atoms with Crippen molar-refractivity contribution in [3.8, 4) is 11.1 Å². The van der Waals surface area contributed by atoms with E-state index in [9.17, 15) is 13.2 Å². The van der Waals surface area contributed by atoms with E-state index in [1.165, 1.54) is 37.0 Å². The Hall–Kier alpha value is -2.29. The highest BCUT2D eigenvalue weighted by molar-refractivity contribution is 5.73. The van der Waals surface area contributed by atoms with Crippen LogP contribution in [0.15, 0.2) is 48.1 Å². The molecule has 0 radical (unpaired) electrons. The minimum atomic E-state index is -0.978. The Kier molecular flexibility index (Phi) is 5.43. The first kappa shape index (κ1) is 19.0. The highest BCUT2D eigenvalue weighted by Gasteiger charge is 2.21. The molecule has 0 spiro atoms. The van der Waals surface area contributed by atoms with Crippen molar-refractivity contribution in [1.82, 2.24) is 0 Å². The molecule has 0 aliphatic heterocycles. The molecule has 0 N–H and O–H groups in total. The third-order valence-corrected chi connectivity index (χ3v) is 6.15. The zero-order valence-electron chi connectivity index (χ0n) is 16.2. The van der Waals surface area contributed by atoms with E-state index in [1.807, 2.05) is 25.1 Å². The van der Waals surface area contributed by atoms with Crippen molar-refractivity contribution in [3.63, 3.8) is 0 Å². The summed E-state index contributed by atoms with van der Waals surface area (Å²) in [6.07, 6.45) is 11.0. The fourth-order valence-electron chi connectivity index (χ4n) is 4.41. The molecule has 2 aliphatic rings. The van der Waals surface area contributed by atoms with Crippen LogP contribution in [-0.4, -0.2) is 0 Å². The summed E-state index contributed by atoms with van der Waals surface area (Å²) in [6.45, 7) is 2.02. The van der Waals surface area contributed by atoms with Crippen molar-refractivity contribution in [2.75, 3.05) is 0 Å². The van der Waals surface area contributed by atoms with Gasteiger partial charge in [-0.1, -0.05) is 61.3 Å². The van der Waals surface area contributed by atoms with Gasteiger partial charge in [0.1, 0.15) is 5.82 Å². The first-order chi connectivity index (χ1) is 13.5. The number of rotatable bonds is 3. The van der Waals surface area contributed by atoms with Gasteiger partial charge in [-0.25, -0.2) is 13.2 Å². The minimum absolute atomic E-state index is 0.0166. The lowest BCUT2D eigenvalue weighted by Gasteiger charge is -2.22. The predicted octanol–water partition coefficient (Wildman–Crippen LogP) is 7.94. The topological polar surface area (TPSA) is 0 Å². The average Bonchev–Trinajstić information content (AvgIpc) is 2.72. The van der Waals surface area contributed by atoms with Gasteiger partial charge in [-0.15, -0.1) is 0 Å². The molecule has 4 rings (SSSR count). The van der Waals surface area contributed by atoms with Crippen molar-refractivity contribution >= 4 is 5.57 Å². The summed E-state index contributed by atoms with van der Waals surface area (Å²) in [5, 5.41) is 0.